The maximum Gasteiger partial charge on any atom is 0.337 e. The van der Waals surface area contributed by atoms with Crippen molar-refractivity contribution < 1.29 is 9.90 Å². The molecule has 2 aromatic rings. The largest absolute Gasteiger partial charge is 0.478 e. The molecule has 0 spiro atoms. The lowest BCUT2D eigenvalue weighted by Gasteiger charge is -2.08. The minimum atomic E-state index is -0.965. The Morgan fingerprint density at radius 3 is 2.94 bits per heavy atom. The molecule has 0 aliphatic rings. The second kappa shape index (κ2) is 5.69. The summed E-state index contributed by atoms with van der Waals surface area (Å²) in [5, 5.41) is 12.1. The molecule has 1 aromatic heterocycles. The van der Waals surface area contributed by atoms with Gasteiger partial charge in [-0.1, -0.05) is 27.5 Å². The van der Waals surface area contributed by atoms with Crippen LogP contribution in [0.4, 0.5) is 5.69 Å². The maximum absolute atomic E-state index is 11.1. The van der Waals surface area contributed by atoms with Crippen molar-refractivity contribution >= 4 is 50.5 Å². The fraction of sp³-hybridized carbons (Fsp3) is 0.0909. The predicted molar refractivity (Wildman–Crippen MR) is 75.6 cm³/mol. The average Bonchev–Trinajstić information content (AvgIpc) is 2.72. The molecular formula is C11H8BrClN2O2S. The summed E-state index contributed by atoms with van der Waals surface area (Å²) in [6.07, 6.45) is 1.67. The van der Waals surface area contributed by atoms with Gasteiger partial charge in [0.05, 0.1) is 17.8 Å². The average molecular weight is 348 g/mol. The predicted octanol–water partition coefficient (Wildman–Crippen LogP) is 3.87. The Bertz CT molecular complexity index is 588. The Hall–Kier alpha value is -1.11. The van der Waals surface area contributed by atoms with Gasteiger partial charge in [0.2, 0.25) is 0 Å². The highest BCUT2D eigenvalue weighted by molar-refractivity contribution is 9.10. The van der Waals surface area contributed by atoms with Gasteiger partial charge in [0.15, 0.2) is 4.47 Å². The van der Waals surface area contributed by atoms with Crippen LogP contribution in [0.3, 0.4) is 0 Å². The van der Waals surface area contributed by atoms with Crippen LogP contribution in [-0.4, -0.2) is 16.1 Å². The van der Waals surface area contributed by atoms with Gasteiger partial charge in [0.25, 0.3) is 0 Å². The summed E-state index contributed by atoms with van der Waals surface area (Å²) in [6.45, 7) is 0.487. The van der Waals surface area contributed by atoms with E-state index in [-0.39, 0.29) is 5.56 Å². The quantitative estimate of drug-likeness (QED) is 0.881. The number of carboxylic acids is 1. The number of nitrogens with one attached hydrogen (secondary N) is 1. The first kappa shape index (κ1) is 13.3. The first-order chi connectivity index (χ1) is 8.56. The van der Waals surface area contributed by atoms with E-state index in [1.807, 2.05) is 0 Å². The van der Waals surface area contributed by atoms with Crippen LogP contribution in [0, 0.1) is 0 Å². The van der Waals surface area contributed by atoms with E-state index in [9.17, 15) is 4.79 Å². The molecule has 2 rings (SSSR count). The summed E-state index contributed by atoms with van der Waals surface area (Å²) in [5.74, 6) is -0.965. The molecule has 0 aliphatic carbocycles. The highest BCUT2D eigenvalue weighted by Gasteiger charge is 2.10. The third-order valence-electron chi connectivity index (χ3n) is 2.19. The molecule has 0 saturated carbocycles. The normalized spacial score (nSPS) is 10.3. The number of nitrogens with zero attached hydrogens (tertiary/aromatic N) is 1. The van der Waals surface area contributed by atoms with E-state index in [2.05, 4.69) is 26.2 Å². The van der Waals surface area contributed by atoms with E-state index in [0.717, 1.165) is 9.35 Å². The van der Waals surface area contributed by atoms with E-state index in [0.29, 0.717) is 16.7 Å². The van der Waals surface area contributed by atoms with E-state index >= 15 is 0 Å². The first-order valence-corrected chi connectivity index (χ1v) is 6.92. The summed E-state index contributed by atoms with van der Waals surface area (Å²) >= 11 is 10.4. The Morgan fingerprint density at radius 1 is 1.56 bits per heavy atom. The molecule has 7 heteroatoms. The zero-order valence-electron chi connectivity index (χ0n) is 8.98. The Balaban J connectivity index is 2.17. The number of benzene rings is 1. The molecule has 0 amide bonds. The molecule has 0 aliphatic heterocycles. The molecule has 0 radical (unpaired) electrons. The van der Waals surface area contributed by atoms with Gasteiger partial charge in [-0.15, -0.1) is 11.3 Å². The second-order valence-corrected chi connectivity index (χ2v) is 6.04. The number of halogens is 2. The molecule has 18 heavy (non-hydrogen) atoms. The van der Waals surface area contributed by atoms with Crippen molar-refractivity contribution in [1.82, 2.24) is 4.98 Å². The summed E-state index contributed by atoms with van der Waals surface area (Å²) < 4.78 is 1.29. The Morgan fingerprint density at radius 2 is 2.33 bits per heavy atom. The minimum absolute atomic E-state index is 0.230. The van der Waals surface area contributed by atoms with E-state index < -0.39 is 5.97 Å². The molecular weight excluding hydrogens is 340 g/mol. The van der Waals surface area contributed by atoms with Gasteiger partial charge < -0.3 is 10.4 Å². The number of hydrogen-bond acceptors (Lipinski definition) is 4. The number of aromatic nitrogens is 1. The third kappa shape index (κ3) is 3.22. The lowest BCUT2D eigenvalue weighted by Crippen LogP contribution is -2.05. The van der Waals surface area contributed by atoms with Crippen LogP contribution < -0.4 is 5.32 Å². The third-order valence-corrected chi connectivity index (χ3v) is 3.80. The van der Waals surface area contributed by atoms with Crippen molar-refractivity contribution in [2.45, 2.75) is 6.54 Å². The fourth-order valence-electron chi connectivity index (χ4n) is 1.40. The number of aromatic carboxylic acids is 1. The van der Waals surface area contributed by atoms with Crippen LogP contribution in [0.25, 0.3) is 0 Å². The van der Waals surface area contributed by atoms with Gasteiger partial charge >= 0.3 is 5.97 Å². The van der Waals surface area contributed by atoms with Gasteiger partial charge in [0, 0.05) is 15.5 Å². The zero-order chi connectivity index (χ0) is 13.1. The number of thiazole rings is 1. The molecule has 2 N–H and O–H groups in total. The molecule has 0 saturated heterocycles. The van der Waals surface area contributed by atoms with Gasteiger partial charge in [0.1, 0.15) is 0 Å². The molecule has 1 aromatic carbocycles. The van der Waals surface area contributed by atoms with Gasteiger partial charge in [-0.25, -0.2) is 9.78 Å². The molecule has 0 unspecified atom stereocenters. The van der Waals surface area contributed by atoms with Gasteiger partial charge in [-0.05, 0) is 18.2 Å². The molecule has 0 bridgehead atoms. The van der Waals surface area contributed by atoms with Crippen molar-refractivity contribution in [2.75, 3.05) is 5.32 Å². The van der Waals surface area contributed by atoms with Crippen LogP contribution in [0.15, 0.2) is 28.9 Å². The molecule has 1 heterocycles. The van der Waals surface area contributed by atoms with Crippen molar-refractivity contribution in [1.29, 1.82) is 0 Å². The summed E-state index contributed by atoms with van der Waals surface area (Å²) in [5.41, 5.74) is 0.787. The number of carbonyl (C=O) groups is 1. The van der Waals surface area contributed by atoms with Crippen molar-refractivity contribution in [3.63, 3.8) is 0 Å². The topological polar surface area (TPSA) is 62.2 Å². The Labute approximate surface area is 121 Å². The molecule has 4 nitrogen and oxygen atoms in total. The smallest absolute Gasteiger partial charge is 0.337 e. The molecule has 0 atom stereocenters. The van der Waals surface area contributed by atoms with E-state index in [4.69, 9.17) is 16.7 Å². The molecule has 94 valence electrons. The van der Waals surface area contributed by atoms with Crippen molar-refractivity contribution in [3.8, 4) is 0 Å². The van der Waals surface area contributed by atoms with Crippen LogP contribution in [0.5, 0.6) is 0 Å². The van der Waals surface area contributed by atoms with Crippen molar-refractivity contribution in [3.05, 3.63) is 43.8 Å². The first-order valence-electron chi connectivity index (χ1n) is 4.93. The van der Waals surface area contributed by atoms with Gasteiger partial charge in [-0.3, -0.25) is 0 Å². The highest BCUT2D eigenvalue weighted by Crippen LogP contribution is 2.24. The summed E-state index contributed by atoms with van der Waals surface area (Å²) in [7, 11) is 0. The summed E-state index contributed by atoms with van der Waals surface area (Å²) in [4.78, 5) is 15.9. The highest BCUT2D eigenvalue weighted by atomic mass is 79.9. The standard InChI is InChI=1S/C11H8BrClN2O2S/c12-6-1-2-8(10(16)17)9(3-6)14-4-7-5-15-11(13)18-7/h1-3,5,14H,4H2,(H,16,17). The van der Waals surface area contributed by atoms with Gasteiger partial charge in [-0.2, -0.15) is 0 Å². The fourth-order valence-corrected chi connectivity index (χ4v) is 2.68. The number of anilines is 1. The second-order valence-electron chi connectivity index (χ2n) is 3.43. The number of carboxylic acid groups (broad SMARTS) is 1. The zero-order valence-corrected chi connectivity index (χ0v) is 12.1. The number of rotatable bonds is 4. The van der Waals surface area contributed by atoms with Crippen LogP contribution in [0.2, 0.25) is 4.47 Å². The lowest BCUT2D eigenvalue weighted by molar-refractivity contribution is 0.0698. The minimum Gasteiger partial charge on any atom is -0.478 e. The van der Waals surface area contributed by atoms with Crippen molar-refractivity contribution in [2.24, 2.45) is 0 Å². The number of hydrogen-bond donors (Lipinski definition) is 2. The van der Waals surface area contributed by atoms with Crippen LogP contribution >= 0.6 is 38.9 Å². The van der Waals surface area contributed by atoms with E-state index in [1.54, 1.807) is 24.4 Å². The lowest BCUT2D eigenvalue weighted by atomic mass is 10.2. The SMILES string of the molecule is O=C(O)c1ccc(Br)cc1NCc1cnc(Cl)s1. The summed E-state index contributed by atoms with van der Waals surface area (Å²) in [6, 6.07) is 4.97. The Kier molecular flexibility index (Phi) is 4.21. The monoisotopic (exact) mass is 346 g/mol. The van der Waals surface area contributed by atoms with E-state index in [1.165, 1.54) is 11.3 Å². The molecule has 0 fully saturated rings. The van der Waals surface area contributed by atoms with Crippen LogP contribution in [-0.2, 0) is 6.54 Å². The maximum atomic E-state index is 11.1. The van der Waals surface area contributed by atoms with Crippen LogP contribution in [0.1, 0.15) is 15.2 Å².